The number of carbonyl (C=O) groups is 1. The fourth-order valence-electron chi connectivity index (χ4n) is 2.02. The third-order valence-electron chi connectivity index (χ3n) is 3.29. The summed E-state index contributed by atoms with van der Waals surface area (Å²) in [6, 6.07) is 3.03. The van der Waals surface area contributed by atoms with Gasteiger partial charge >= 0.3 is 5.97 Å². The van der Waals surface area contributed by atoms with Gasteiger partial charge in [0.1, 0.15) is 11.6 Å². The van der Waals surface area contributed by atoms with E-state index in [1.165, 1.54) is 6.07 Å². The highest BCUT2D eigenvalue weighted by Crippen LogP contribution is 2.22. The van der Waals surface area contributed by atoms with Gasteiger partial charge in [0.05, 0.1) is 19.3 Å². The first kappa shape index (κ1) is 18.5. The maximum atomic E-state index is 13.7. The van der Waals surface area contributed by atoms with Crippen LogP contribution in [0.1, 0.15) is 39.4 Å². The average molecular weight is 315 g/mol. The number of esters is 1. The van der Waals surface area contributed by atoms with E-state index in [0.29, 0.717) is 0 Å². The molecule has 0 saturated carbocycles. The lowest BCUT2D eigenvalue weighted by Crippen LogP contribution is -2.46. The highest BCUT2D eigenvalue weighted by molar-refractivity contribution is 5.71. The summed E-state index contributed by atoms with van der Waals surface area (Å²) in [4.78, 5) is 13.4. The van der Waals surface area contributed by atoms with Gasteiger partial charge in [-0.1, -0.05) is 6.07 Å². The van der Waals surface area contributed by atoms with Crippen molar-refractivity contribution in [1.82, 2.24) is 4.90 Å². The number of rotatable bonds is 6. The highest BCUT2D eigenvalue weighted by atomic mass is 19.1. The van der Waals surface area contributed by atoms with Crippen LogP contribution in [-0.2, 0) is 9.53 Å². The number of hydrogen-bond donors (Lipinski definition) is 1. The number of halogens is 2. The van der Waals surface area contributed by atoms with Crippen LogP contribution in [0.4, 0.5) is 8.78 Å². The summed E-state index contributed by atoms with van der Waals surface area (Å²) in [6.07, 6.45) is -1.17. The fourth-order valence-corrected chi connectivity index (χ4v) is 2.02. The molecule has 124 valence electrons. The van der Waals surface area contributed by atoms with Crippen LogP contribution in [0.15, 0.2) is 18.2 Å². The molecule has 0 spiro atoms. The molecule has 1 unspecified atom stereocenters. The molecule has 1 aromatic carbocycles. The number of ether oxygens (including phenoxy) is 1. The largest absolute Gasteiger partial charge is 0.465 e. The minimum Gasteiger partial charge on any atom is -0.465 e. The van der Waals surface area contributed by atoms with Gasteiger partial charge in [-0.05, 0) is 33.8 Å². The van der Waals surface area contributed by atoms with Crippen LogP contribution in [0.2, 0.25) is 0 Å². The van der Waals surface area contributed by atoms with Gasteiger partial charge in [0.15, 0.2) is 0 Å². The number of benzene rings is 1. The van der Waals surface area contributed by atoms with Crippen LogP contribution in [-0.4, -0.2) is 41.2 Å². The molecule has 22 heavy (non-hydrogen) atoms. The van der Waals surface area contributed by atoms with Crippen molar-refractivity contribution in [2.45, 2.75) is 39.3 Å². The predicted molar refractivity (Wildman–Crippen MR) is 79.3 cm³/mol. The second-order valence-corrected chi connectivity index (χ2v) is 6.04. The van der Waals surface area contributed by atoms with Gasteiger partial charge in [-0.15, -0.1) is 0 Å². The van der Waals surface area contributed by atoms with E-state index in [0.717, 1.165) is 12.1 Å². The first-order valence-electron chi connectivity index (χ1n) is 7.18. The van der Waals surface area contributed by atoms with Crippen molar-refractivity contribution in [1.29, 1.82) is 0 Å². The minimum atomic E-state index is -1.17. The van der Waals surface area contributed by atoms with Gasteiger partial charge in [-0.3, -0.25) is 9.69 Å². The summed E-state index contributed by atoms with van der Waals surface area (Å²) in [5.74, 6) is -1.92. The summed E-state index contributed by atoms with van der Waals surface area (Å²) >= 11 is 0. The molecule has 1 rings (SSSR count). The molecule has 4 nitrogen and oxygen atoms in total. The molecule has 0 aliphatic heterocycles. The predicted octanol–water partition coefficient (Wildman–Crippen LogP) is 2.66. The van der Waals surface area contributed by atoms with Gasteiger partial charge in [0, 0.05) is 23.7 Å². The minimum absolute atomic E-state index is 0.000455. The Bertz CT molecular complexity index is 515. The molecular formula is C16H23F2NO3. The van der Waals surface area contributed by atoms with Crippen molar-refractivity contribution in [3.63, 3.8) is 0 Å². The van der Waals surface area contributed by atoms with Crippen LogP contribution >= 0.6 is 0 Å². The zero-order valence-electron chi connectivity index (χ0n) is 13.4. The average Bonchev–Trinajstić information content (AvgIpc) is 2.36. The summed E-state index contributed by atoms with van der Waals surface area (Å²) in [5.41, 5.74) is -0.427. The molecule has 0 fully saturated rings. The van der Waals surface area contributed by atoms with Crippen LogP contribution < -0.4 is 0 Å². The molecule has 0 amide bonds. The number of carbonyl (C=O) groups excluding carboxylic acids is 1. The first-order chi connectivity index (χ1) is 10.1. The van der Waals surface area contributed by atoms with Crippen molar-refractivity contribution in [2.24, 2.45) is 0 Å². The van der Waals surface area contributed by atoms with E-state index in [1.54, 1.807) is 11.8 Å². The Balaban J connectivity index is 2.86. The lowest BCUT2D eigenvalue weighted by atomic mass is 10.0. The first-order valence-corrected chi connectivity index (χ1v) is 7.18. The lowest BCUT2D eigenvalue weighted by molar-refractivity contribution is -0.146. The zero-order valence-corrected chi connectivity index (χ0v) is 13.4. The Labute approximate surface area is 129 Å². The van der Waals surface area contributed by atoms with Gasteiger partial charge in [0.25, 0.3) is 0 Å². The Kier molecular flexibility index (Phi) is 6.44. The van der Waals surface area contributed by atoms with Crippen LogP contribution in [0.3, 0.4) is 0 Å². The van der Waals surface area contributed by atoms with E-state index < -0.39 is 29.2 Å². The second-order valence-electron chi connectivity index (χ2n) is 6.04. The molecule has 0 aliphatic rings. The lowest BCUT2D eigenvalue weighted by Gasteiger charge is -2.36. The van der Waals surface area contributed by atoms with Gasteiger partial charge < -0.3 is 9.84 Å². The van der Waals surface area contributed by atoms with Crippen molar-refractivity contribution >= 4 is 5.97 Å². The van der Waals surface area contributed by atoms with Crippen LogP contribution in [0.25, 0.3) is 0 Å². The van der Waals surface area contributed by atoms with Crippen molar-refractivity contribution in [3.8, 4) is 0 Å². The molecule has 0 radical (unpaired) electrons. The molecule has 0 aromatic heterocycles. The van der Waals surface area contributed by atoms with E-state index >= 15 is 0 Å². The molecule has 0 saturated heterocycles. The topological polar surface area (TPSA) is 49.8 Å². The number of nitrogens with zero attached hydrogens (tertiary/aromatic N) is 1. The Morgan fingerprint density at radius 3 is 2.50 bits per heavy atom. The Morgan fingerprint density at radius 1 is 1.36 bits per heavy atom. The smallest absolute Gasteiger partial charge is 0.320 e. The normalized spacial score (nSPS) is 13.3. The molecule has 1 aromatic rings. The number of β-amino-alcohol motifs (C(OH)–C–C–N with tert-alkyl or cyclic N) is 1. The Hall–Kier alpha value is -1.53. The molecule has 1 atom stereocenters. The third-order valence-corrected chi connectivity index (χ3v) is 3.29. The van der Waals surface area contributed by atoms with Gasteiger partial charge in [-0.2, -0.15) is 0 Å². The zero-order chi connectivity index (χ0) is 16.9. The van der Waals surface area contributed by atoms with Crippen LogP contribution in [0.5, 0.6) is 0 Å². The van der Waals surface area contributed by atoms with E-state index in [-0.39, 0.29) is 25.3 Å². The summed E-state index contributed by atoms with van der Waals surface area (Å²) in [6.45, 7) is 7.62. The molecule has 0 aliphatic carbocycles. The molecule has 6 heteroatoms. The SMILES string of the molecule is CCOC(=O)CN(CC(O)c1ccc(F)cc1F)C(C)(C)C. The van der Waals surface area contributed by atoms with Crippen molar-refractivity contribution in [3.05, 3.63) is 35.4 Å². The van der Waals surface area contributed by atoms with Crippen molar-refractivity contribution < 1.29 is 23.4 Å². The molecule has 0 bridgehead atoms. The maximum Gasteiger partial charge on any atom is 0.320 e. The number of aliphatic hydroxyl groups excluding tert-OH is 1. The van der Waals surface area contributed by atoms with Gasteiger partial charge in [-0.25, -0.2) is 8.78 Å². The third kappa shape index (κ3) is 5.35. The molecular weight excluding hydrogens is 292 g/mol. The number of aliphatic hydroxyl groups is 1. The highest BCUT2D eigenvalue weighted by Gasteiger charge is 2.27. The quantitative estimate of drug-likeness (QED) is 0.820. The van der Waals surface area contributed by atoms with E-state index in [2.05, 4.69) is 0 Å². The van der Waals surface area contributed by atoms with E-state index in [1.807, 2.05) is 20.8 Å². The Morgan fingerprint density at radius 2 is 2.00 bits per heavy atom. The molecule has 1 N–H and O–H groups in total. The molecule has 0 heterocycles. The van der Waals surface area contributed by atoms with E-state index in [9.17, 15) is 18.7 Å². The van der Waals surface area contributed by atoms with Crippen molar-refractivity contribution in [2.75, 3.05) is 19.7 Å². The monoisotopic (exact) mass is 315 g/mol. The summed E-state index contributed by atoms with van der Waals surface area (Å²) in [7, 11) is 0. The van der Waals surface area contributed by atoms with Crippen LogP contribution in [0, 0.1) is 11.6 Å². The second kappa shape index (κ2) is 7.65. The maximum absolute atomic E-state index is 13.7. The standard InChI is InChI=1S/C16H23F2NO3/c1-5-22-15(21)10-19(16(2,3)4)9-14(20)12-7-6-11(17)8-13(12)18/h6-8,14,20H,5,9-10H2,1-4H3. The summed E-state index contributed by atoms with van der Waals surface area (Å²) < 4.78 is 31.6. The van der Waals surface area contributed by atoms with Gasteiger partial charge in [0.2, 0.25) is 0 Å². The number of hydrogen-bond acceptors (Lipinski definition) is 4. The van der Waals surface area contributed by atoms with E-state index in [4.69, 9.17) is 4.74 Å². The fraction of sp³-hybridized carbons (Fsp3) is 0.562. The summed E-state index contributed by atoms with van der Waals surface area (Å²) in [5, 5.41) is 10.2.